The normalized spacial score (nSPS) is 10.2. The molecular weight excluding hydrogens is 343 g/mol. The van der Waals surface area contributed by atoms with E-state index in [-0.39, 0.29) is 5.69 Å². The third-order valence-electron chi connectivity index (χ3n) is 3.10. The fourth-order valence-electron chi connectivity index (χ4n) is 1.70. The van der Waals surface area contributed by atoms with Gasteiger partial charge in [0.25, 0.3) is 0 Å². The Hall–Kier alpha value is -2.94. The first-order valence-electron chi connectivity index (χ1n) is 7.80. The van der Waals surface area contributed by atoms with Crippen LogP contribution in [0.25, 0.3) is 0 Å². The highest BCUT2D eigenvalue weighted by molar-refractivity contribution is 5.94. The molecule has 0 heterocycles. The van der Waals surface area contributed by atoms with Gasteiger partial charge in [0.2, 0.25) is 0 Å². The average Bonchev–Trinajstić information content (AvgIpc) is 2.59. The lowest BCUT2D eigenvalue weighted by atomic mass is 10.2. The molecule has 0 saturated heterocycles. The minimum Gasteiger partial charge on any atom is -0.493 e. The van der Waals surface area contributed by atoms with Gasteiger partial charge in [0.05, 0.1) is 6.61 Å². The third kappa shape index (κ3) is 8.25. The summed E-state index contributed by atoms with van der Waals surface area (Å²) in [5, 5.41) is 1.75. The van der Waals surface area contributed by atoms with Gasteiger partial charge in [-0.15, -0.1) is 12.3 Å². The molecule has 3 nitrogen and oxygen atoms in total. The molecule has 0 atom stereocenters. The minimum absolute atomic E-state index is 0.137. The largest absolute Gasteiger partial charge is 0.493 e. The van der Waals surface area contributed by atoms with Crippen molar-refractivity contribution in [2.24, 2.45) is 0 Å². The molecule has 0 bridgehead atoms. The summed E-state index contributed by atoms with van der Waals surface area (Å²) in [7, 11) is 0. The van der Waals surface area contributed by atoms with E-state index in [0.717, 1.165) is 11.3 Å². The van der Waals surface area contributed by atoms with Crippen LogP contribution < -0.4 is 10.1 Å². The molecule has 138 valence electrons. The highest BCUT2D eigenvalue weighted by atomic mass is 19.4. The van der Waals surface area contributed by atoms with Gasteiger partial charge in [-0.3, -0.25) is 4.79 Å². The number of halogens is 3. The molecule has 2 aromatic carbocycles. The summed E-state index contributed by atoms with van der Waals surface area (Å²) in [6, 6.07) is 14.0. The highest BCUT2D eigenvalue weighted by Gasteiger charge is 2.38. The molecule has 0 aromatic heterocycles. The highest BCUT2D eigenvalue weighted by Crippen LogP contribution is 2.18. The van der Waals surface area contributed by atoms with Crippen LogP contribution in [0.3, 0.4) is 0 Å². The minimum atomic E-state index is -4.84. The molecule has 0 spiro atoms. The molecule has 1 amide bonds. The van der Waals surface area contributed by atoms with Crippen LogP contribution in [0.15, 0.2) is 48.5 Å². The number of alkyl halides is 3. The van der Waals surface area contributed by atoms with Crippen molar-refractivity contribution in [2.45, 2.75) is 26.4 Å². The summed E-state index contributed by atoms with van der Waals surface area (Å²) < 4.78 is 40.8. The van der Waals surface area contributed by atoms with Gasteiger partial charge in [-0.1, -0.05) is 35.4 Å². The van der Waals surface area contributed by atoms with Crippen LogP contribution in [0.1, 0.15) is 17.5 Å². The van der Waals surface area contributed by atoms with Crippen molar-refractivity contribution < 1.29 is 22.7 Å². The molecule has 0 aliphatic carbocycles. The number of hydrogen-bond acceptors (Lipinski definition) is 2. The number of benzene rings is 2. The van der Waals surface area contributed by atoms with E-state index in [0.29, 0.717) is 13.0 Å². The van der Waals surface area contributed by atoms with Crippen molar-refractivity contribution in [1.82, 2.24) is 0 Å². The number of aryl methyl sites for hydroxylation is 2. The maximum absolute atomic E-state index is 11.8. The second-order valence-corrected chi connectivity index (χ2v) is 5.43. The van der Waals surface area contributed by atoms with Gasteiger partial charge in [0.1, 0.15) is 5.75 Å². The van der Waals surface area contributed by atoms with Gasteiger partial charge in [-0.05, 0) is 38.1 Å². The Balaban J connectivity index is 0.000000263. The van der Waals surface area contributed by atoms with Crippen molar-refractivity contribution in [2.75, 3.05) is 11.9 Å². The molecule has 0 saturated carbocycles. The van der Waals surface area contributed by atoms with Crippen molar-refractivity contribution in [3.05, 3.63) is 59.7 Å². The number of carbonyl (C=O) groups excluding carboxylic acids is 1. The predicted molar refractivity (Wildman–Crippen MR) is 96.0 cm³/mol. The number of carbonyl (C=O) groups is 1. The Kier molecular flexibility index (Phi) is 8.23. The molecule has 1 N–H and O–H groups in total. The van der Waals surface area contributed by atoms with Gasteiger partial charge < -0.3 is 10.1 Å². The van der Waals surface area contributed by atoms with Gasteiger partial charge in [0, 0.05) is 12.1 Å². The SMILES string of the molecule is C#CCCOc1ccc(C)cc1.Cc1ccc(NC(=O)C(F)(F)F)cc1. The number of rotatable bonds is 4. The van der Waals surface area contributed by atoms with Crippen LogP contribution >= 0.6 is 0 Å². The molecule has 26 heavy (non-hydrogen) atoms. The van der Waals surface area contributed by atoms with Gasteiger partial charge in [-0.25, -0.2) is 0 Å². The smallest absolute Gasteiger partial charge is 0.471 e. The van der Waals surface area contributed by atoms with E-state index in [1.807, 2.05) is 31.2 Å². The molecule has 2 rings (SSSR count). The molecule has 0 aliphatic heterocycles. The number of terminal acetylenes is 1. The van der Waals surface area contributed by atoms with E-state index in [1.54, 1.807) is 24.4 Å². The average molecular weight is 363 g/mol. The van der Waals surface area contributed by atoms with E-state index >= 15 is 0 Å². The number of ether oxygens (including phenoxy) is 1. The van der Waals surface area contributed by atoms with E-state index < -0.39 is 12.1 Å². The number of anilines is 1. The van der Waals surface area contributed by atoms with Crippen LogP contribution in [0, 0.1) is 26.2 Å². The second kappa shape index (κ2) is 10.1. The quantitative estimate of drug-likeness (QED) is 0.620. The van der Waals surface area contributed by atoms with Gasteiger partial charge in [-0.2, -0.15) is 13.2 Å². The second-order valence-electron chi connectivity index (χ2n) is 5.43. The number of amides is 1. The monoisotopic (exact) mass is 363 g/mol. The van der Waals surface area contributed by atoms with Crippen molar-refractivity contribution in [3.63, 3.8) is 0 Å². The Morgan fingerprint density at radius 1 is 1.04 bits per heavy atom. The van der Waals surface area contributed by atoms with E-state index in [9.17, 15) is 18.0 Å². The summed E-state index contributed by atoms with van der Waals surface area (Å²) in [5.74, 6) is 1.45. The maximum Gasteiger partial charge on any atom is 0.471 e. The Morgan fingerprint density at radius 2 is 1.54 bits per heavy atom. The maximum atomic E-state index is 11.8. The Labute approximate surface area is 151 Å². The first kappa shape index (κ1) is 21.1. The standard InChI is InChI=1S/C11H12O.C9H8F3NO/c1-3-4-9-12-11-7-5-10(2)6-8-11;1-6-2-4-7(5-3-6)13-8(14)9(10,11)12/h1,5-8H,4,9H2,2H3;2-5H,1H3,(H,13,14). The molecule has 0 fully saturated rings. The summed E-state index contributed by atoms with van der Waals surface area (Å²) >= 11 is 0. The zero-order valence-corrected chi connectivity index (χ0v) is 14.6. The van der Waals surface area contributed by atoms with Crippen LogP contribution in [0.4, 0.5) is 18.9 Å². The van der Waals surface area contributed by atoms with Crippen LogP contribution in [0.2, 0.25) is 0 Å². The zero-order chi connectivity index (χ0) is 19.6. The Bertz CT molecular complexity index is 730. The topological polar surface area (TPSA) is 38.3 Å². The predicted octanol–water partition coefficient (Wildman–Crippen LogP) is 4.89. The van der Waals surface area contributed by atoms with Crippen molar-refractivity contribution in [3.8, 4) is 18.1 Å². The van der Waals surface area contributed by atoms with Crippen molar-refractivity contribution in [1.29, 1.82) is 0 Å². The van der Waals surface area contributed by atoms with Crippen LogP contribution in [-0.2, 0) is 4.79 Å². The van der Waals surface area contributed by atoms with Crippen LogP contribution in [-0.4, -0.2) is 18.7 Å². The first-order chi connectivity index (χ1) is 12.2. The summed E-state index contributed by atoms with van der Waals surface area (Å²) in [6.07, 6.45) is 0.905. The third-order valence-corrected chi connectivity index (χ3v) is 3.10. The molecular formula is C20H20F3NO2. The molecule has 0 radical (unpaired) electrons. The first-order valence-corrected chi connectivity index (χ1v) is 7.80. The molecule has 6 heteroatoms. The van der Waals surface area contributed by atoms with Gasteiger partial charge >= 0.3 is 12.1 Å². The summed E-state index contributed by atoms with van der Waals surface area (Å²) in [4.78, 5) is 10.5. The summed E-state index contributed by atoms with van der Waals surface area (Å²) in [6.45, 7) is 4.44. The molecule has 2 aromatic rings. The Morgan fingerprint density at radius 3 is 2.00 bits per heavy atom. The lowest BCUT2D eigenvalue weighted by Gasteiger charge is -2.07. The zero-order valence-electron chi connectivity index (χ0n) is 14.6. The summed E-state index contributed by atoms with van der Waals surface area (Å²) in [5.41, 5.74) is 2.28. The van der Waals surface area contributed by atoms with Gasteiger partial charge in [0.15, 0.2) is 0 Å². The lowest BCUT2D eigenvalue weighted by Crippen LogP contribution is -2.29. The fourth-order valence-corrected chi connectivity index (χ4v) is 1.70. The lowest BCUT2D eigenvalue weighted by molar-refractivity contribution is -0.167. The molecule has 0 unspecified atom stereocenters. The fraction of sp³-hybridized carbons (Fsp3) is 0.250. The molecule has 0 aliphatic rings. The van der Waals surface area contributed by atoms with E-state index in [4.69, 9.17) is 11.2 Å². The van der Waals surface area contributed by atoms with E-state index in [2.05, 4.69) is 5.92 Å². The van der Waals surface area contributed by atoms with Crippen molar-refractivity contribution >= 4 is 11.6 Å². The number of hydrogen-bond donors (Lipinski definition) is 1. The number of nitrogens with one attached hydrogen (secondary N) is 1. The van der Waals surface area contributed by atoms with Crippen LogP contribution in [0.5, 0.6) is 5.75 Å². The van der Waals surface area contributed by atoms with E-state index in [1.165, 1.54) is 17.7 Å².